The van der Waals surface area contributed by atoms with Crippen LogP contribution in [0.15, 0.2) is 35.4 Å². The van der Waals surface area contributed by atoms with Gasteiger partial charge in [0.2, 0.25) is 11.8 Å². The first kappa shape index (κ1) is 18.5. The highest BCUT2D eigenvalue weighted by Gasteiger charge is 2.21. The van der Waals surface area contributed by atoms with E-state index < -0.39 is 0 Å². The Bertz CT molecular complexity index is 641. The lowest BCUT2D eigenvalue weighted by atomic mass is 10.1. The minimum absolute atomic E-state index is 0.0851. The molecule has 26 heavy (non-hydrogen) atoms. The van der Waals surface area contributed by atoms with Crippen LogP contribution in [0.4, 0.5) is 0 Å². The highest BCUT2D eigenvalue weighted by Crippen LogP contribution is 2.14. The molecule has 0 saturated carbocycles. The Morgan fingerprint density at radius 2 is 1.85 bits per heavy atom. The molecule has 7 heteroatoms. The number of hydrogen-bond donors (Lipinski definition) is 1. The van der Waals surface area contributed by atoms with E-state index in [0.717, 1.165) is 50.5 Å². The molecular formula is C19H26N4O3. The van der Waals surface area contributed by atoms with Crippen molar-refractivity contribution in [1.82, 2.24) is 15.2 Å². The Morgan fingerprint density at radius 1 is 1.08 bits per heavy atom. The van der Waals surface area contributed by atoms with Gasteiger partial charge in [0.05, 0.1) is 25.5 Å². The zero-order valence-electron chi connectivity index (χ0n) is 15.0. The number of benzene rings is 1. The van der Waals surface area contributed by atoms with Crippen LogP contribution in [0, 0.1) is 0 Å². The summed E-state index contributed by atoms with van der Waals surface area (Å²) >= 11 is 0. The molecule has 0 aliphatic carbocycles. The summed E-state index contributed by atoms with van der Waals surface area (Å²) in [4.78, 5) is 26.5. The summed E-state index contributed by atoms with van der Waals surface area (Å²) in [7, 11) is 0. The molecule has 7 nitrogen and oxygen atoms in total. The number of nitrogens with zero attached hydrogens (tertiary/aromatic N) is 3. The Morgan fingerprint density at radius 3 is 2.62 bits per heavy atom. The molecule has 0 atom stereocenters. The Balaban J connectivity index is 1.36. The zero-order chi connectivity index (χ0) is 18.2. The van der Waals surface area contributed by atoms with Crippen molar-refractivity contribution in [3.63, 3.8) is 0 Å². The van der Waals surface area contributed by atoms with Crippen LogP contribution in [-0.4, -0.2) is 73.4 Å². The third-order valence-corrected chi connectivity index (χ3v) is 4.62. The highest BCUT2D eigenvalue weighted by molar-refractivity contribution is 6.02. The molecule has 3 rings (SSSR count). The molecule has 0 radical (unpaired) electrons. The van der Waals surface area contributed by atoms with E-state index >= 15 is 0 Å². The van der Waals surface area contributed by atoms with Crippen molar-refractivity contribution < 1.29 is 14.3 Å². The quantitative estimate of drug-likeness (QED) is 0.784. The van der Waals surface area contributed by atoms with E-state index in [1.165, 1.54) is 5.01 Å². The number of morpholine rings is 1. The first-order valence-corrected chi connectivity index (χ1v) is 9.22. The summed E-state index contributed by atoms with van der Waals surface area (Å²) in [5.41, 5.74) is 1.97. The van der Waals surface area contributed by atoms with Gasteiger partial charge in [-0.05, 0) is 5.56 Å². The van der Waals surface area contributed by atoms with Gasteiger partial charge in [-0.25, -0.2) is 5.01 Å². The van der Waals surface area contributed by atoms with Crippen LogP contribution in [0.25, 0.3) is 0 Å². The minimum Gasteiger partial charge on any atom is -0.379 e. The molecule has 0 unspecified atom stereocenters. The summed E-state index contributed by atoms with van der Waals surface area (Å²) in [5, 5.41) is 8.78. The van der Waals surface area contributed by atoms with E-state index in [9.17, 15) is 9.59 Å². The van der Waals surface area contributed by atoms with Crippen molar-refractivity contribution in [3.05, 3.63) is 35.9 Å². The molecule has 2 heterocycles. The third kappa shape index (κ3) is 5.37. The fraction of sp³-hybridized carbons (Fsp3) is 0.526. The van der Waals surface area contributed by atoms with E-state index in [1.54, 1.807) is 0 Å². The number of hydrogen-bond acceptors (Lipinski definition) is 5. The topological polar surface area (TPSA) is 74.2 Å². The van der Waals surface area contributed by atoms with Gasteiger partial charge in [-0.1, -0.05) is 30.3 Å². The second-order valence-corrected chi connectivity index (χ2v) is 6.48. The van der Waals surface area contributed by atoms with Gasteiger partial charge in [0.25, 0.3) is 0 Å². The first-order valence-electron chi connectivity index (χ1n) is 9.22. The lowest BCUT2D eigenvalue weighted by Crippen LogP contribution is -2.41. The maximum atomic E-state index is 12.3. The normalized spacial score (nSPS) is 17.8. The van der Waals surface area contributed by atoms with E-state index in [0.29, 0.717) is 13.1 Å². The molecule has 1 N–H and O–H groups in total. The largest absolute Gasteiger partial charge is 0.379 e. The average molecular weight is 358 g/mol. The standard InChI is InChI=1S/C19H26N4O3/c24-18(20-9-11-22-12-14-26-15-13-22)6-7-19(25)23-10-8-17(21-23)16-4-2-1-3-5-16/h1-5H,6-15H2,(H,20,24). The van der Waals surface area contributed by atoms with E-state index in [2.05, 4.69) is 15.3 Å². The van der Waals surface area contributed by atoms with Crippen molar-refractivity contribution in [2.45, 2.75) is 19.3 Å². The first-order chi connectivity index (χ1) is 12.7. The monoisotopic (exact) mass is 358 g/mol. The summed E-state index contributed by atoms with van der Waals surface area (Å²) < 4.78 is 5.29. The lowest BCUT2D eigenvalue weighted by Gasteiger charge is -2.26. The zero-order valence-corrected chi connectivity index (χ0v) is 15.0. The molecule has 2 aliphatic heterocycles. The fourth-order valence-electron chi connectivity index (χ4n) is 3.09. The molecule has 0 bridgehead atoms. The van der Waals surface area contributed by atoms with Crippen molar-refractivity contribution >= 4 is 17.5 Å². The predicted octanol–water partition coefficient (Wildman–Crippen LogP) is 0.852. The van der Waals surface area contributed by atoms with Crippen molar-refractivity contribution in [2.24, 2.45) is 5.10 Å². The molecule has 140 valence electrons. The maximum absolute atomic E-state index is 12.3. The number of ether oxygens (including phenoxy) is 1. The number of carbonyl (C=O) groups excluding carboxylic acids is 2. The number of hydrazone groups is 1. The molecule has 1 fully saturated rings. The molecule has 1 aromatic carbocycles. The molecule has 1 saturated heterocycles. The molecular weight excluding hydrogens is 332 g/mol. The number of carbonyl (C=O) groups is 2. The van der Waals surface area contributed by atoms with Crippen molar-refractivity contribution in [1.29, 1.82) is 0 Å². The fourth-order valence-corrected chi connectivity index (χ4v) is 3.09. The van der Waals surface area contributed by atoms with E-state index in [-0.39, 0.29) is 24.7 Å². The predicted molar refractivity (Wildman–Crippen MR) is 98.8 cm³/mol. The molecule has 0 aromatic heterocycles. The van der Waals surface area contributed by atoms with Crippen LogP contribution in [0.3, 0.4) is 0 Å². The maximum Gasteiger partial charge on any atom is 0.243 e. The van der Waals surface area contributed by atoms with Gasteiger partial charge in [-0.15, -0.1) is 0 Å². The van der Waals surface area contributed by atoms with E-state index in [1.807, 2.05) is 30.3 Å². The summed E-state index contributed by atoms with van der Waals surface area (Å²) in [6.45, 7) is 5.33. The van der Waals surface area contributed by atoms with Gasteiger partial charge in [0.15, 0.2) is 0 Å². The van der Waals surface area contributed by atoms with Crippen LogP contribution in [0.5, 0.6) is 0 Å². The lowest BCUT2D eigenvalue weighted by molar-refractivity contribution is -0.133. The van der Waals surface area contributed by atoms with Crippen LogP contribution in [0.2, 0.25) is 0 Å². The summed E-state index contributed by atoms with van der Waals surface area (Å²) in [5.74, 6) is -0.183. The number of amides is 2. The Hall–Kier alpha value is -2.25. The van der Waals surface area contributed by atoms with Gasteiger partial charge in [0, 0.05) is 45.4 Å². The molecule has 2 amide bonds. The smallest absolute Gasteiger partial charge is 0.243 e. The van der Waals surface area contributed by atoms with Crippen LogP contribution in [-0.2, 0) is 14.3 Å². The highest BCUT2D eigenvalue weighted by atomic mass is 16.5. The Labute approximate surface area is 154 Å². The SMILES string of the molecule is O=C(CCC(=O)N1CCC(c2ccccc2)=N1)NCCN1CCOCC1. The second kappa shape index (κ2) is 9.45. The molecule has 1 aromatic rings. The number of nitrogens with one attached hydrogen (secondary N) is 1. The second-order valence-electron chi connectivity index (χ2n) is 6.48. The van der Waals surface area contributed by atoms with Gasteiger partial charge in [0.1, 0.15) is 0 Å². The van der Waals surface area contributed by atoms with Crippen molar-refractivity contribution in [2.75, 3.05) is 45.9 Å². The van der Waals surface area contributed by atoms with Crippen LogP contribution < -0.4 is 5.32 Å². The van der Waals surface area contributed by atoms with Crippen LogP contribution >= 0.6 is 0 Å². The summed E-state index contributed by atoms with van der Waals surface area (Å²) in [6, 6.07) is 9.87. The molecule has 2 aliphatic rings. The summed E-state index contributed by atoms with van der Waals surface area (Å²) in [6.07, 6.45) is 1.14. The Kier molecular flexibility index (Phi) is 6.74. The van der Waals surface area contributed by atoms with E-state index in [4.69, 9.17) is 4.74 Å². The van der Waals surface area contributed by atoms with Crippen LogP contribution in [0.1, 0.15) is 24.8 Å². The van der Waals surface area contributed by atoms with Crippen molar-refractivity contribution in [3.8, 4) is 0 Å². The van der Waals surface area contributed by atoms with Gasteiger partial charge in [-0.3, -0.25) is 14.5 Å². The van der Waals surface area contributed by atoms with Gasteiger partial charge in [-0.2, -0.15) is 5.10 Å². The minimum atomic E-state index is -0.0979. The number of rotatable bonds is 7. The van der Waals surface area contributed by atoms with Gasteiger partial charge < -0.3 is 10.1 Å². The third-order valence-electron chi connectivity index (χ3n) is 4.62. The average Bonchev–Trinajstić information content (AvgIpc) is 3.18. The molecule has 0 spiro atoms. The van der Waals surface area contributed by atoms with Gasteiger partial charge >= 0.3 is 0 Å².